The first-order chi connectivity index (χ1) is 10.2. The molecule has 1 amide bonds. The van der Waals surface area contributed by atoms with E-state index < -0.39 is 0 Å². The number of hydrogen-bond donors (Lipinski definition) is 0. The highest BCUT2D eigenvalue weighted by atomic mass is 16.6. The molecule has 1 aliphatic rings. The third-order valence-corrected chi connectivity index (χ3v) is 3.47. The zero-order valence-electron chi connectivity index (χ0n) is 13.1. The average Bonchev–Trinajstić information content (AvgIpc) is 2.48. The molecule has 0 aliphatic carbocycles. The Hall–Kier alpha value is -1.30. The van der Waals surface area contributed by atoms with Gasteiger partial charge in [0.25, 0.3) is 0 Å². The van der Waals surface area contributed by atoms with Crippen LogP contribution in [0.3, 0.4) is 0 Å². The van der Waals surface area contributed by atoms with E-state index in [0.717, 1.165) is 25.7 Å². The summed E-state index contributed by atoms with van der Waals surface area (Å²) in [6, 6.07) is 0. The lowest BCUT2D eigenvalue weighted by atomic mass is 9.98. The van der Waals surface area contributed by atoms with Gasteiger partial charge in [-0.2, -0.15) is 0 Å². The van der Waals surface area contributed by atoms with Gasteiger partial charge in [0.15, 0.2) is 0 Å². The SMILES string of the molecule is CCCCOC(=O)N1CCC(COCC(=O)OCC)CC1. The van der Waals surface area contributed by atoms with Gasteiger partial charge in [-0.15, -0.1) is 0 Å². The highest BCUT2D eigenvalue weighted by Gasteiger charge is 2.23. The van der Waals surface area contributed by atoms with Crippen LogP contribution in [-0.4, -0.2) is 56.5 Å². The Morgan fingerprint density at radius 2 is 1.86 bits per heavy atom. The zero-order chi connectivity index (χ0) is 15.5. The van der Waals surface area contributed by atoms with E-state index in [4.69, 9.17) is 14.2 Å². The number of nitrogens with zero attached hydrogens (tertiary/aromatic N) is 1. The molecule has 6 heteroatoms. The second kappa shape index (κ2) is 10.4. The number of amides is 1. The van der Waals surface area contributed by atoms with Crippen molar-refractivity contribution in [2.24, 2.45) is 5.92 Å². The van der Waals surface area contributed by atoms with Gasteiger partial charge in [0.05, 0.1) is 19.8 Å². The van der Waals surface area contributed by atoms with Gasteiger partial charge in [-0.3, -0.25) is 0 Å². The number of esters is 1. The van der Waals surface area contributed by atoms with Crippen LogP contribution in [0.2, 0.25) is 0 Å². The lowest BCUT2D eigenvalue weighted by Gasteiger charge is -2.31. The molecule has 0 unspecified atom stereocenters. The molecule has 122 valence electrons. The molecule has 0 aromatic carbocycles. The van der Waals surface area contributed by atoms with E-state index in [2.05, 4.69) is 6.92 Å². The maximum Gasteiger partial charge on any atom is 0.409 e. The maximum absolute atomic E-state index is 11.8. The average molecular weight is 301 g/mol. The fourth-order valence-electron chi connectivity index (χ4n) is 2.19. The van der Waals surface area contributed by atoms with Crippen LogP contribution in [0.15, 0.2) is 0 Å². The summed E-state index contributed by atoms with van der Waals surface area (Å²) in [6.45, 7) is 6.64. The van der Waals surface area contributed by atoms with Gasteiger partial charge < -0.3 is 19.1 Å². The summed E-state index contributed by atoms with van der Waals surface area (Å²) in [4.78, 5) is 24.6. The van der Waals surface area contributed by atoms with Crippen molar-refractivity contribution in [1.82, 2.24) is 4.90 Å². The van der Waals surface area contributed by atoms with Crippen LogP contribution in [0.1, 0.15) is 39.5 Å². The molecule has 1 rings (SSSR count). The second-order valence-corrected chi connectivity index (χ2v) is 5.22. The highest BCUT2D eigenvalue weighted by molar-refractivity contribution is 5.70. The van der Waals surface area contributed by atoms with Gasteiger partial charge in [-0.25, -0.2) is 9.59 Å². The first-order valence-corrected chi connectivity index (χ1v) is 7.82. The Balaban J connectivity index is 2.11. The summed E-state index contributed by atoms with van der Waals surface area (Å²) in [6.07, 6.45) is 3.48. The van der Waals surface area contributed by atoms with Crippen LogP contribution in [0, 0.1) is 5.92 Å². The van der Waals surface area contributed by atoms with Crippen LogP contribution < -0.4 is 0 Å². The molecule has 0 N–H and O–H groups in total. The van der Waals surface area contributed by atoms with Gasteiger partial charge in [0.1, 0.15) is 6.61 Å². The minimum atomic E-state index is -0.325. The van der Waals surface area contributed by atoms with Gasteiger partial charge in [0, 0.05) is 13.1 Å². The van der Waals surface area contributed by atoms with Crippen molar-refractivity contribution in [2.45, 2.75) is 39.5 Å². The molecule has 1 heterocycles. The molecule has 1 saturated heterocycles. The van der Waals surface area contributed by atoms with Crippen molar-refractivity contribution in [2.75, 3.05) is 39.5 Å². The predicted octanol–water partition coefficient (Wildman–Crippen LogP) is 2.21. The largest absolute Gasteiger partial charge is 0.464 e. The summed E-state index contributed by atoms with van der Waals surface area (Å²) in [5.41, 5.74) is 0. The fraction of sp³-hybridized carbons (Fsp3) is 0.867. The van der Waals surface area contributed by atoms with Crippen molar-refractivity contribution >= 4 is 12.1 Å². The van der Waals surface area contributed by atoms with E-state index >= 15 is 0 Å². The first kappa shape index (κ1) is 17.8. The minimum Gasteiger partial charge on any atom is -0.464 e. The quantitative estimate of drug-likeness (QED) is 0.508. The van der Waals surface area contributed by atoms with Crippen LogP contribution in [0.5, 0.6) is 0 Å². The number of ether oxygens (including phenoxy) is 3. The van der Waals surface area contributed by atoms with E-state index in [1.165, 1.54) is 0 Å². The molecule has 0 saturated carbocycles. The predicted molar refractivity (Wildman–Crippen MR) is 78.0 cm³/mol. The van der Waals surface area contributed by atoms with Gasteiger partial charge in [-0.1, -0.05) is 13.3 Å². The molecule has 1 fully saturated rings. The molecule has 0 atom stereocenters. The Kier molecular flexibility index (Phi) is 8.82. The van der Waals surface area contributed by atoms with Crippen LogP contribution >= 0.6 is 0 Å². The van der Waals surface area contributed by atoms with Crippen molar-refractivity contribution in [1.29, 1.82) is 0 Å². The summed E-state index contributed by atoms with van der Waals surface area (Å²) in [5.74, 6) is 0.0635. The molecule has 6 nitrogen and oxygen atoms in total. The molecule has 0 radical (unpaired) electrons. The number of rotatable bonds is 8. The third kappa shape index (κ3) is 7.32. The lowest BCUT2D eigenvalue weighted by Crippen LogP contribution is -2.40. The van der Waals surface area contributed by atoms with Gasteiger partial charge in [0.2, 0.25) is 0 Å². The minimum absolute atomic E-state index is 0.00706. The van der Waals surface area contributed by atoms with Crippen LogP contribution in [0.4, 0.5) is 4.79 Å². The Bertz CT molecular complexity index is 313. The Morgan fingerprint density at radius 3 is 2.48 bits per heavy atom. The van der Waals surface area contributed by atoms with Crippen LogP contribution in [-0.2, 0) is 19.0 Å². The number of likely N-dealkylation sites (tertiary alicyclic amines) is 1. The monoisotopic (exact) mass is 301 g/mol. The molecular formula is C15H27NO5. The van der Waals surface area contributed by atoms with E-state index in [0.29, 0.717) is 38.8 Å². The van der Waals surface area contributed by atoms with E-state index in [9.17, 15) is 9.59 Å². The highest BCUT2D eigenvalue weighted by Crippen LogP contribution is 2.18. The Labute approximate surface area is 126 Å². The molecule has 0 spiro atoms. The van der Waals surface area contributed by atoms with Crippen molar-refractivity contribution in [3.8, 4) is 0 Å². The van der Waals surface area contributed by atoms with E-state index in [1.54, 1.807) is 11.8 Å². The number of carbonyl (C=O) groups is 2. The number of hydrogen-bond acceptors (Lipinski definition) is 5. The van der Waals surface area contributed by atoms with E-state index in [-0.39, 0.29) is 18.7 Å². The Morgan fingerprint density at radius 1 is 1.14 bits per heavy atom. The number of piperidine rings is 1. The van der Waals surface area contributed by atoms with Crippen molar-refractivity contribution < 1.29 is 23.8 Å². The summed E-state index contributed by atoms with van der Waals surface area (Å²) in [7, 11) is 0. The topological polar surface area (TPSA) is 65.1 Å². The van der Waals surface area contributed by atoms with Crippen molar-refractivity contribution in [3.63, 3.8) is 0 Å². The first-order valence-electron chi connectivity index (χ1n) is 7.82. The summed E-state index contributed by atoms with van der Waals surface area (Å²) < 4.78 is 15.3. The smallest absolute Gasteiger partial charge is 0.409 e. The molecular weight excluding hydrogens is 274 g/mol. The van der Waals surface area contributed by atoms with Gasteiger partial charge in [-0.05, 0) is 32.1 Å². The summed E-state index contributed by atoms with van der Waals surface area (Å²) >= 11 is 0. The van der Waals surface area contributed by atoms with E-state index in [1.807, 2.05) is 0 Å². The number of carbonyl (C=O) groups excluding carboxylic acids is 2. The standard InChI is InChI=1S/C15H27NO5/c1-3-5-10-21-15(18)16-8-6-13(7-9-16)11-19-12-14(17)20-4-2/h13H,3-12H2,1-2H3. The second-order valence-electron chi connectivity index (χ2n) is 5.22. The number of unbranched alkanes of at least 4 members (excludes halogenated alkanes) is 1. The molecule has 0 bridgehead atoms. The fourth-order valence-corrected chi connectivity index (χ4v) is 2.19. The van der Waals surface area contributed by atoms with Crippen molar-refractivity contribution in [3.05, 3.63) is 0 Å². The lowest BCUT2D eigenvalue weighted by molar-refractivity contribution is -0.149. The zero-order valence-corrected chi connectivity index (χ0v) is 13.1. The molecule has 21 heavy (non-hydrogen) atoms. The van der Waals surface area contributed by atoms with Gasteiger partial charge >= 0.3 is 12.1 Å². The molecule has 0 aromatic heterocycles. The maximum atomic E-state index is 11.8. The normalized spacial score (nSPS) is 15.8. The molecule has 0 aromatic rings. The molecule has 1 aliphatic heterocycles. The summed E-state index contributed by atoms with van der Waals surface area (Å²) in [5, 5.41) is 0. The van der Waals surface area contributed by atoms with Crippen LogP contribution in [0.25, 0.3) is 0 Å². The third-order valence-electron chi connectivity index (χ3n) is 3.47.